The molecular formula is C10H12N2O3. The fourth-order valence-electron chi connectivity index (χ4n) is 1.14. The Bertz CT molecular complexity index is 351. The van der Waals surface area contributed by atoms with Crippen molar-refractivity contribution in [3.8, 4) is 0 Å². The molecule has 2 amide bonds. The first-order valence-electron chi connectivity index (χ1n) is 4.34. The largest absolute Gasteiger partial charge is 0.453 e. The van der Waals surface area contributed by atoms with Crippen LogP contribution in [0, 0.1) is 0 Å². The first-order chi connectivity index (χ1) is 7.15. The zero-order chi connectivity index (χ0) is 11.3. The SMILES string of the molecule is COC(=O)N[C@@H](C(N)=O)c1ccccc1. The van der Waals surface area contributed by atoms with E-state index in [2.05, 4.69) is 10.1 Å². The molecule has 3 N–H and O–H groups in total. The van der Waals surface area contributed by atoms with Gasteiger partial charge in [0.05, 0.1) is 7.11 Å². The molecule has 0 aliphatic heterocycles. The number of alkyl carbamates (subject to hydrolysis) is 1. The minimum Gasteiger partial charge on any atom is -0.453 e. The van der Waals surface area contributed by atoms with Crippen LogP contribution in [0.15, 0.2) is 30.3 Å². The number of rotatable bonds is 3. The Morgan fingerprint density at radius 2 is 1.93 bits per heavy atom. The second kappa shape index (κ2) is 4.99. The first-order valence-corrected chi connectivity index (χ1v) is 4.34. The maximum atomic E-state index is 11.1. The predicted octanol–water partition coefficient (Wildman–Crippen LogP) is 0.569. The molecule has 1 aromatic carbocycles. The highest BCUT2D eigenvalue weighted by molar-refractivity contribution is 5.85. The van der Waals surface area contributed by atoms with Crippen LogP contribution >= 0.6 is 0 Å². The van der Waals surface area contributed by atoms with Gasteiger partial charge in [-0.2, -0.15) is 0 Å². The van der Waals surface area contributed by atoms with Crippen molar-refractivity contribution >= 4 is 12.0 Å². The Kier molecular flexibility index (Phi) is 3.68. The molecule has 0 spiro atoms. The van der Waals surface area contributed by atoms with E-state index in [1.54, 1.807) is 30.3 Å². The number of amides is 2. The van der Waals surface area contributed by atoms with Gasteiger partial charge in [0.2, 0.25) is 5.91 Å². The highest BCUT2D eigenvalue weighted by Crippen LogP contribution is 2.11. The molecule has 0 radical (unpaired) electrons. The molecule has 0 unspecified atom stereocenters. The van der Waals surface area contributed by atoms with Crippen molar-refractivity contribution in [2.45, 2.75) is 6.04 Å². The molecule has 15 heavy (non-hydrogen) atoms. The molecule has 0 aliphatic carbocycles. The molecule has 1 atom stereocenters. The molecule has 0 aliphatic rings. The number of benzene rings is 1. The number of primary amides is 1. The van der Waals surface area contributed by atoms with E-state index >= 15 is 0 Å². The van der Waals surface area contributed by atoms with Crippen LogP contribution in [0.5, 0.6) is 0 Å². The molecule has 80 valence electrons. The lowest BCUT2D eigenvalue weighted by molar-refractivity contribution is -0.120. The van der Waals surface area contributed by atoms with Gasteiger partial charge in [0.15, 0.2) is 0 Å². The Morgan fingerprint density at radius 3 is 2.40 bits per heavy atom. The third kappa shape index (κ3) is 2.98. The van der Waals surface area contributed by atoms with Gasteiger partial charge in [-0.1, -0.05) is 30.3 Å². The number of ether oxygens (including phenoxy) is 1. The van der Waals surface area contributed by atoms with Crippen LogP contribution in [0.25, 0.3) is 0 Å². The van der Waals surface area contributed by atoms with E-state index in [1.807, 2.05) is 0 Å². The van der Waals surface area contributed by atoms with E-state index in [1.165, 1.54) is 7.11 Å². The van der Waals surface area contributed by atoms with Gasteiger partial charge >= 0.3 is 6.09 Å². The number of nitrogens with one attached hydrogen (secondary N) is 1. The summed E-state index contributed by atoms with van der Waals surface area (Å²) in [5.74, 6) is -0.633. The van der Waals surface area contributed by atoms with Gasteiger partial charge < -0.3 is 15.8 Å². The van der Waals surface area contributed by atoms with Crippen LogP contribution in [0.1, 0.15) is 11.6 Å². The smallest absolute Gasteiger partial charge is 0.407 e. The summed E-state index contributed by atoms with van der Waals surface area (Å²) in [4.78, 5) is 22.1. The summed E-state index contributed by atoms with van der Waals surface area (Å²) in [6.07, 6.45) is -0.692. The van der Waals surface area contributed by atoms with Crippen LogP contribution in [0.2, 0.25) is 0 Å². The average molecular weight is 208 g/mol. The Hall–Kier alpha value is -2.04. The molecule has 0 saturated heterocycles. The van der Waals surface area contributed by atoms with Crippen molar-refractivity contribution in [1.82, 2.24) is 5.32 Å². The van der Waals surface area contributed by atoms with Gasteiger partial charge in [-0.15, -0.1) is 0 Å². The van der Waals surface area contributed by atoms with Gasteiger partial charge in [-0.3, -0.25) is 4.79 Å². The van der Waals surface area contributed by atoms with E-state index in [0.29, 0.717) is 5.56 Å². The van der Waals surface area contributed by atoms with E-state index in [-0.39, 0.29) is 0 Å². The maximum absolute atomic E-state index is 11.1. The van der Waals surface area contributed by atoms with E-state index in [0.717, 1.165) is 0 Å². The zero-order valence-electron chi connectivity index (χ0n) is 8.27. The van der Waals surface area contributed by atoms with Crippen LogP contribution in [0.3, 0.4) is 0 Å². The minimum atomic E-state index is -0.862. The van der Waals surface area contributed by atoms with Crippen LogP contribution in [-0.4, -0.2) is 19.1 Å². The summed E-state index contributed by atoms with van der Waals surface area (Å²) in [5.41, 5.74) is 5.78. The summed E-state index contributed by atoms with van der Waals surface area (Å²) < 4.78 is 4.39. The van der Waals surface area contributed by atoms with E-state index in [9.17, 15) is 9.59 Å². The summed E-state index contributed by atoms with van der Waals surface area (Å²) in [7, 11) is 1.22. The van der Waals surface area contributed by atoms with E-state index < -0.39 is 18.0 Å². The molecule has 1 rings (SSSR count). The fraction of sp³-hybridized carbons (Fsp3) is 0.200. The van der Waals surface area contributed by atoms with Gasteiger partial charge in [-0.25, -0.2) is 4.79 Å². The quantitative estimate of drug-likeness (QED) is 0.761. The Labute approximate surface area is 87.2 Å². The molecule has 5 heteroatoms. The number of carbonyl (C=O) groups excluding carboxylic acids is 2. The minimum absolute atomic E-state index is 0.621. The van der Waals surface area contributed by atoms with Crippen molar-refractivity contribution < 1.29 is 14.3 Å². The van der Waals surface area contributed by atoms with Crippen LogP contribution < -0.4 is 11.1 Å². The van der Waals surface area contributed by atoms with Gasteiger partial charge in [0, 0.05) is 0 Å². The Balaban J connectivity index is 2.84. The van der Waals surface area contributed by atoms with Crippen molar-refractivity contribution in [1.29, 1.82) is 0 Å². The van der Waals surface area contributed by atoms with E-state index in [4.69, 9.17) is 5.73 Å². The lowest BCUT2D eigenvalue weighted by Gasteiger charge is -2.14. The van der Waals surface area contributed by atoms with Gasteiger partial charge in [0.25, 0.3) is 0 Å². The van der Waals surface area contributed by atoms with Crippen molar-refractivity contribution in [3.05, 3.63) is 35.9 Å². The number of carbonyl (C=O) groups is 2. The standard InChI is InChI=1S/C10H12N2O3/c1-15-10(14)12-8(9(11)13)7-5-3-2-4-6-7/h2-6,8H,1H3,(H2,11,13)(H,12,14)/t8-/m1/s1. The summed E-state index contributed by atoms with van der Waals surface area (Å²) in [6.45, 7) is 0. The summed E-state index contributed by atoms with van der Waals surface area (Å²) in [6, 6.07) is 7.85. The third-order valence-corrected chi connectivity index (χ3v) is 1.87. The monoisotopic (exact) mass is 208 g/mol. The van der Waals surface area contributed by atoms with Crippen molar-refractivity contribution in [3.63, 3.8) is 0 Å². The maximum Gasteiger partial charge on any atom is 0.407 e. The zero-order valence-corrected chi connectivity index (χ0v) is 8.27. The van der Waals surface area contributed by atoms with Crippen molar-refractivity contribution in [2.24, 2.45) is 5.73 Å². The molecule has 0 heterocycles. The molecule has 5 nitrogen and oxygen atoms in total. The molecular weight excluding hydrogens is 196 g/mol. The molecule has 0 fully saturated rings. The Morgan fingerprint density at radius 1 is 1.33 bits per heavy atom. The summed E-state index contributed by atoms with van der Waals surface area (Å²) in [5, 5.41) is 2.35. The summed E-state index contributed by atoms with van der Waals surface area (Å²) >= 11 is 0. The second-order valence-electron chi connectivity index (χ2n) is 2.88. The average Bonchev–Trinajstić information content (AvgIpc) is 2.26. The fourth-order valence-corrected chi connectivity index (χ4v) is 1.14. The number of hydrogen-bond donors (Lipinski definition) is 2. The first kappa shape index (κ1) is 11.0. The second-order valence-corrected chi connectivity index (χ2v) is 2.88. The van der Waals surface area contributed by atoms with Crippen LogP contribution in [-0.2, 0) is 9.53 Å². The molecule has 1 aromatic rings. The highest BCUT2D eigenvalue weighted by Gasteiger charge is 2.19. The van der Waals surface area contributed by atoms with Crippen molar-refractivity contribution in [2.75, 3.05) is 7.11 Å². The van der Waals surface area contributed by atoms with Crippen LogP contribution in [0.4, 0.5) is 4.79 Å². The topological polar surface area (TPSA) is 81.4 Å². The lowest BCUT2D eigenvalue weighted by atomic mass is 10.1. The molecule has 0 bridgehead atoms. The number of methoxy groups -OCH3 is 1. The normalized spacial score (nSPS) is 11.5. The predicted molar refractivity (Wildman–Crippen MR) is 53.9 cm³/mol. The molecule has 0 aromatic heterocycles. The highest BCUT2D eigenvalue weighted by atomic mass is 16.5. The number of hydrogen-bond acceptors (Lipinski definition) is 3. The lowest BCUT2D eigenvalue weighted by Crippen LogP contribution is -2.37. The van der Waals surface area contributed by atoms with Gasteiger partial charge in [-0.05, 0) is 5.56 Å². The third-order valence-electron chi connectivity index (χ3n) is 1.87. The van der Waals surface area contributed by atoms with Gasteiger partial charge in [0.1, 0.15) is 6.04 Å². The molecule has 0 saturated carbocycles. The number of nitrogens with two attached hydrogens (primary N) is 1.